The molecule has 3 aliphatic carbocycles. The zero-order chi connectivity index (χ0) is 32.4. The fourth-order valence-electron chi connectivity index (χ4n) is 8.77. The van der Waals surface area contributed by atoms with Crippen molar-refractivity contribution >= 4 is 60.4 Å². The SMILES string of the molecule is [C-]#[N+]c1c(N)sc2c(F)ccc(-c3c(Cl)c4c5c(nc(OC[C@@]67CCCN6CC(=C)C7)nc5c3F)N(C35CC(C3)C5)C(C#C)CO4)c12. The molecular formula is C35H29ClF2N6O2S. The first-order valence-electron chi connectivity index (χ1n) is 15.7. The van der Waals surface area contributed by atoms with E-state index in [0.717, 1.165) is 68.5 Å². The van der Waals surface area contributed by atoms with Crippen molar-refractivity contribution in [3.63, 3.8) is 0 Å². The second kappa shape index (κ2) is 9.93. The number of halogens is 3. The topological polar surface area (TPSA) is 81.1 Å². The van der Waals surface area contributed by atoms with Crippen LogP contribution in [-0.4, -0.2) is 58.3 Å². The van der Waals surface area contributed by atoms with Gasteiger partial charge in [-0.3, -0.25) is 4.90 Å². The number of ether oxygens (including phenoxy) is 2. The molecule has 12 heteroatoms. The summed E-state index contributed by atoms with van der Waals surface area (Å²) >= 11 is 8.02. The summed E-state index contributed by atoms with van der Waals surface area (Å²) < 4.78 is 45.2. The lowest BCUT2D eigenvalue weighted by atomic mass is 9.48. The summed E-state index contributed by atoms with van der Waals surface area (Å²) in [5.74, 6) is 2.82. The molecule has 2 N–H and O–H groups in total. The van der Waals surface area contributed by atoms with Crippen LogP contribution in [0.25, 0.3) is 37.0 Å². The van der Waals surface area contributed by atoms with Gasteiger partial charge in [0, 0.05) is 23.0 Å². The highest BCUT2D eigenvalue weighted by atomic mass is 35.5. The first-order chi connectivity index (χ1) is 22.7. The molecule has 2 aromatic heterocycles. The van der Waals surface area contributed by atoms with E-state index in [9.17, 15) is 0 Å². The Morgan fingerprint density at radius 2 is 2.09 bits per heavy atom. The lowest BCUT2D eigenvalue weighted by Crippen LogP contribution is -2.71. The van der Waals surface area contributed by atoms with Crippen molar-refractivity contribution in [2.45, 2.75) is 55.6 Å². The highest BCUT2D eigenvalue weighted by molar-refractivity contribution is 7.23. The maximum atomic E-state index is 17.3. The molecule has 47 heavy (non-hydrogen) atoms. The molecule has 6 aliphatic rings. The van der Waals surface area contributed by atoms with E-state index >= 15 is 8.78 Å². The third-order valence-electron chi connectivity index (χ3n) is 11.0. The lowest BCUT2D eigenvalue weighted by Gasteiger charge is -2.67. The van der Waals surface area contributed by atoms with Crippen LogP contribution in [0.15, 0.2) is 24.3 Å². The first-order valence-corrected chi connectivity index (χ1v) is 16.9. The van der Waals surface area contributed by atoms with Crippen LogP contribution in [0.2, 0.25) is 5.02 Å². The molecule has 0 amide bonds. The van der Waals surface area contributed by atoms with Gasteiger partial charge in [-0.2, -0.15) is 9.97 Å². The number of terminal acetylenes is 1. The van der Waals surface area contributed by atoms with Crippen molar-refractivity contribution in [3.8, 4) is 35.2 Å². The highest BCUT2D eigenvalue weighted by Gasteiger charge is 2.62. The lowest BCUT2D eigenvalue weighted by molar-refractivity contribution is -0.0301. The van der Waals surface area contributed by atoms with Gasteiger partial charge in [-0.15, -0.1) is 17.8 Å². The van der Waals surface area contributed by atoms with Gasteiger partial charge in [0.1, 0.15) is 36.4 Å². The van der Waals surface area contributed by atoms with Crippen molar-refractivity contribution in [1.29, 1.82) is 0 Å². The monoisotopic (exact) mass is 670 g/mol. The molecule has 5 heterocycles. The largest absolute Gasteiger partial charge is 0.488 e. The molecule has 2 aromatic carbocycles. The van der Waals surface area contributed by atoms with Crippen LogP contribution in [0.3, 0.4) is 0 Å². The van der Waals surface area contributed by atoms with Gasteiger partial charge in [0.2, 0.25) is 5.69 Å². The Bertz CT molecular complexity index is 2160. The summed E-state index contributed by atoms with van der Waals surface area (Å²) in [6.07, 6.45) is 11.9. The van der Waals surface area contributed by atoms with E-state index in [1.165, 1.54) is 12.1 Å². The normalized spacial score (nSPS) is 27.5. The van der Waals surface area contributed by atoms with Gasteiger partial charge in [0.25, 0.3) is 0 Å². The minimum atomic E-state index is -0.758. The van der Waals surface area contributed by atoms with Crippen molar-refractivity contribution in [2.75, 3.05) is 36.9 Å². The standard InChI is InChI=1S/C35H29ClF2N6O2S/c1-4-19-15-45-29-24-27(26(38)22(25(29)36)20-6-7-21(37)30-23(20)28(40-3)31(39)47-30)41-33(42-32(24)44(19)35-11-18(12-35)13-35)46-16-34-8-5-9-43(34)14-17(2)10-34/h1,6-7,18-19H,2,5,8-16,39H2/t18?,19?,34-,35?/m0/s1. The van der Waals surface area contributed by atoms with E-state index in [2.05, 4.69) is 32.1 Å². The molecule has 0 spiro atoms. The highest BCUT2D eigenvalue weighted by Crippen LogP contribution is 2.63. The molecule has 3 aliphatic heterocycles. The van der Waals surface area contributed by atoms with Crippen LogP contribution in [0.5, 0.6) is 11.8 Å². The number of nitrogens with two attached hydrogens (primary N) is 1. The fourth-order valence-corrected chi connectivity index (χ4v) is 10.0. The predicted octanol–water partition coefficient (Wildman–Crippen LogP) is 7.50. The maximum absolute atomic E-state index is 17.3. The fraction of sp³-hybridized carbons (Fsp3) is 0.400. The predicted molar refractivity (Wildman–Crippen MR) is 179 cm³/mol. The summed E-state index contributed by atoms with van der Waals surface area (Å²) in [5, 5.41) is 0.597. The number of hydrogen-bond donors (Lipinski definition) is 1. The summed E-state index contributed by atoms with van der Waals surface area (Å²) in [4.78, 5) is 17.7. The molecule has 2 bridgehead atoms. The molecular weight excluding hydrogens is 642 g/mol. The van der Waals surface area contributed by atoms with Crippen LogP contribution in [0, 0.1) is 36.5 Å². The number of nitrogen functional groups attached to an aromatic ring is 1. The minimum Gasteiger partial charge on any atom is -0.488 e. The van der Waals surface area contributed by atoms with Gasteiger partial charge in [-0.05, 0) is 62.6 Å². The van der Waals surface area contributed by atoms with Crippen LogP contribution in [-0.2, 0) is 0 Å². The van der Waals surface area contributed by atoms with E-state index in [1.807, 2.05) is 0 Å². The van der Waals surface area contributed by atoms with Crippen LogP contribution < -0.4 is 20.1 Å². The van der Waals surface area contributed by atoms with Gasteiger partial charge in [-0.1, -0.05) is 35.7 Å². The van der Waals surface area contributed by atoms with E-state index in [4.69, 9.17) is 44.8 Å². The second-order valence-electron chi connectivity index (χ2n) is 13.6. The molecule has 238 valence electrons. The number of hydrogen-bond acceptors (Lipinski definition) is 8. The van der Waals surface area contributed by atoms with E-state index in [1.54, 1.807) is 0 Å². The summed E-state index contributed by atoms with van der Waals surface area (Å²) in [6, 6.07) is 2.17. The Morgan fingerprint density at radius 1 is 1.28 bits per heavy atom. The second-order valence-corrected chi connectivity index (χ2v) is 15.1. The number of anilines is 2. The summed E-state index contributed by atoms with van der Waals surface area (Å²) in [5.41, 5.74) is 7.01. The number of rotatable bonds is 5. The number of benzene rings is 2. The van der Waals surface area contributed by atoms with Crippen molar-refractivity contribution in [3.05, 3.63) is 52.4 Å². The Kier molecular flexibility index (Phi) is 6.13. The molecule has 4 aromatic rings. The summed E-state index contributed by atoms with van der Waals surface area (Å²) in [7, 11) is 0. The average molecular weight is 671 g/mol. The number of thiophene rings is 1. The Balaban J connectivity index is 1.29. The average Bonchev–Trinajstić information content (AvgIpc) is 3.61. The van der Waals surface area contributed by atoms with Gasteiger partial charge in [0.05, 0.1) is 32.2 Å². The van der Waals surface area contributed by atoms with E-state index in [-0.39, 0.29) is 71.9 Å². The number of nitrogens with zero attached hydrogens (tertiary/aromatic N) is 5. The van der Waals surface area contributed by atoms with Gasteiger partial charge < -0.3 is 20.1 Å². The quantitative estimate of drug-likeness (QED) is 0.134. The van der Waals surface area contributed by atoms with E-state index in [0.29, 0.717) is 23.7 Å². The van der Waals surface area contributed by atoms with Gasteiger partial charge >= 0.3 is 6.01 Å². The first kappa shape index (κ1) is 29.0. The maximum Gasteiger partial charge on any atom is 0.319 e. The van der Waals surface area contributed by atoms with Crippen LogP contribution in [0.1, 0.15) is 38.5 Å². The summed E-state index contributed by atoms with van der Waals surface area (Å²) in [6.45, 7) is 14.2. The Morgan fingerprint density at radius 3 is 2.81 bits per heavy atom. The van der Waals surface area contributed by atoms with E-state index < -0.39 is 17.7 Å². The van der Waals surface area contributed by atoms with Gasteiger partial charge in [-0.25, -0.2) is 13.6 Å². The molecule has 2 saturated heterocycles. The Labute approximate surface area is 278 Å². The van der Waals surface area contributed by atoms with Crippen molar-refractivity contribution < 1.29 is 18.3 Å². The molecule has 10 rings (SSSR count). The zero-order valence-electron chi connectivity index (χ0n) is 25.3. The van der Waals surface area contributed by atoms with Gasteiger partial charge in [0.15, 0.2) is 11.6 Å². The molecule has 8 nitrogen and oxygen atoms in total. The van der Waals surface area contributed by atoms with Crippen LogP contribution >= 0.6 is 22.9 Å². The van der Waals surface area contributed by atoms with Crippen molar-refractivity contribution in [1.82, 2.24) is 14.9 Å². The van der Waals surface area contributed by atoms with Crippen LogP contribution in [0.4, 0.5) is 25.3 Å². The molecule has 0 radical (unpaired) electrons. The molecule has 1 unspecified atom stereocenters. The smallest absolute Gasteiger partial charge is 0.319 e. The Hall–Kier alpha value is -4.16. The molecule has 2 atom stereocenters. The van der Waals surface area contributed by atoms with Crippen molar-refractivity contribution in [2.24, 2.45) is 5.92 Å². The minimum absolute atomic E-state index is 0.0320. The number of fused-ring (bicyclic) bond motifs is 2. The number of aromatic nitrogens is 2. The zero-order valence-corrected chi connectivity index (χ0v) is 26.9. The molecule has 5 fully saturated rings. The molecule has 3 saturated carbocycles. The third kappa shape index (κ3) is 3.88. The third-order valence-corrected chi connectivity index (χ3v) is 12.3.